The maximum atomic E-state index is 11.8. The van der Waals surface area contributed by atoms with Crippen molar-refractivity contribution < 1.29 is 14.7 Å². The molecule has 1 aliphatic carbocycles. The van der Waals surface area contributed by atoms with Crippen molar-refractivity contribution in [1.82, 2.24) is 25.1 Å². The summed E-state index contributed by atoms with van der Waals surface area (Å²) in [5.74, 6) is -1.06. The lowest BCUT2D eigenvalue weighted by Crippen LogP contribution is -2.53. The second-order valence-electron chi connectivity index (χ2n) is 4.76. The Morgan fingerprint density at radius 2 is 2.11 bits per heavy atom. The number of tetrazole rings is 1. The average Bonchev–Trinajstić information content (AvgIpc) is 3.03. The molecule has 0 spiro atoms. The maximum Gasteiger partial charge on any atom is 0.310 e. The van der Waals surface area contributed by atoms with Crippen LogP contribution < -0.4 is 0 Å². The zero-order valence-electron chi connectivity index (χ0n) is 10.1. The van der Waals surface area contributed by atoms with Gasteiger partial charge in [0.25, 0.3) is 0 Å². The quantitative estimate of drug-likeness (QED) is 0.736. The number of nitrogens with zero attached hydrogens (tertiary/aromatic N) is 5. The Hall–Kier alpha value is -1.64. The predicted molar refractivity (Wildman–Crippen MR) is 64.5 cm³/mol. The summed E-state index contributed by atoms with van der Waals surface area (Å²) in [6.07, 6.45) is 2.16. The second-order valence-corrected chi connectivity index (χ2v) is 5.70. The molecule has 102 valence electrons. The van der Waals surface area contributed by atoms with Crippen molar-refractivity contribution in [3.63, 3.8) is 0 Å². The minimum Gasteiger partial charge on any atom is -0.481 e. The summed E-state index contributed by atoms with van der Waals surface area (Å²) in [5.41, 5.74) is 0. The second kappa shape index (κ2) is 4.80. The van der Waals surface area contributed by atoms with Gasteiger partial charge in [-0.2, -0.15) is 0 Å². The van der Waals surface area contributed by atoms with Gasteiger partial charge < -0.3 is 10.0 Å². The van der Waals surface area contributed by atoms with Gasteiger partial charge in [0, 0.05) is 13.1 Å². The van der Waals surface area contributed by atoms with E-state index in [1.165, 1.54) is 11.8 Å². The third-order valence-electron chi connectivity index (χ3n) is 3.26. The van der Waals surface area contributed by atoms with Crippen LogP contribution in [-0.4, -0.2) is 60.9 Å². The molecule has 1 amide bonds. The van der Waals surface area contributed by atoms with E-state index >= 15 is 0 Å². The van der Waals surface area contributed by atoms with Crippen molar-refractivity contribution in [2.24, 2.45) is 5.92 Å². The van der Waals surface area contributed by atoms with Gasteiger partial charge in [0.1, 0.15) is 0 Å². The van der Waals surface area contributed by atoms with Gasteiger partial charge in [0.2, 0.25) is 11.1 Å². The summed E-state index contributed by atoms with van der Waals surface area (Å²) in [6.45, 7) is 0.616. The lowest BCUT2D eigenvalue weighted by Gasteiger charge is -2.36. The number of rotatable bonds is 5. The summed E-state index contributed by atoms with van der Waals surface area (Å²) >= 11 is 1.31. The van der Waals surface area contributed by atoms with Crippen molar-refractivity contribution >= 4 is 23.6 Å². The highest BCUT2D eigenvalue weighted by molar-refractivity contribution is 7.99. The summed E-state index contributed by atoms with van der Waals surface area (Å²) in [6, 6.07) is 0.382. The average molecular weight is 283 g/mol. The number of thioether (sulfide) groups is 1. The number of aromatic nitrogens is 4. The summed E-state index contributed by atoms with van der Waals surface area (Å²) in [7, 11) is 0. The summed E-state index contributed by atoms with van der Waals surface area (Å²) < 4.78 is 1.76. The first-order chi connectivity index (χ1) is 9.15. The molecule has 2 aliphatic rings. The molecule has 3 rings (SSSR count). The van der Waals surface area contributed by atoms with Crippen LogP contribution in [0.4, 0.5) is 0 Å². The molecule has 2 heterocycles. The van der Waals surface area contributed by atoms with Gasteiger partial charge in [-0.25, -0.2) is 4.68 Å². The summed E-state index contributed by atoms with van der Waals surface area (Å²) in [5, 5.41) is 20.8. The molecule has 1 saturated carbocycles. The fourth-order valence-corrected chi connectivity index (χ4v) is 2.73. The molecule has 0 atom stereocenters. The molecular formula is C10H13N5O3S. The highest BCUT2D eigenvalue weighted by atomic mass is 32.2. The van der Waals surface area contributed by atoms with E-state index in [-0.39, 0.29) is 11.7 Å². The van der Waals surface area contributed by atoms with Crippen LogP contribution in [0, 0.1) is 5.92 Å². The molecule has 0 aromatic carbocycles. The molecule has 0 unspecified atom stereocenters. The molecule has 0 bridgehead atoms. The standard InChI is InChI=1S/C10H13N5O3S/c16-8(14-3-6(4-14)9(17)18)5-19-10-11-12-13-15(10)7-1-2-7/h6-7H,1-5H2,(H,17,18). The minimum atomic E-state index is -0.839. The Morgan fingerprint density at radius 3 is 2.74 bits per heavy atom. The van der Waals surface area contributed by atoms with Gasteiger partial charge in [-0.1, -0.05) is 11.8 Å². The van der Waals surface area contributed by atoms with Gasteiger partial charge in [-0.15, -0.1) is 5.10 Å². The van der Waals surface area contributed by atoms with E-state index in [0.717, 1.165) is 12.8 Å². The first-order valence-electron chi connectivity index (χ1n) is 6.06. The van der Waals surface area contributed by atoms with E-state index in [9.17, 15) is 9.59 Å². The monoisotopic (exact) mass is 283 g/mol. The van der Waals surface area contributed by atoms with Crippen LogP contribution in [0.5, 0.6) is 0 Å². The van der Waals surface area contributed by atoms with Gasteiger partial charge in [-0.05, 0) is 23.3 Å². The smallest absolute Gasteiger partial charge is 0.310 e. The third kappa shape index (κ3) is 2.55. The SMILES string of the molecule is O=C(O)C1CN(C(=O)CSc2nnnn2C2CC2)C1. The fraction of sp³-hybridized carbons (Fsp3) is 0.700. The number of carbonyl (C=O) groups excluding carboxylic acids is 1. The molecule has 8 nitrogen and oxygen atoms in total. The zero-order chi connectivity index (χ0) is 13.4. The van der Waals surface area contributed by atoms with Crippen molar-refractivity contribution in [2.75, 3.05) is 18.8 Å². The fourth-order valence-electron chi connectivity index (χ4n) is 1.88. The van der Waals surface area contributed by atoms with E-state index in [2.05, 4.69) is 15.5 Å². The number of amides is 1. The molecule has 1 N–H and O–H groups in total. The van der Waals surface area contributed by atoms with E-state index in [0.29, 0.717) is 24.3 Å². The number of hydrogen-bond donors (Lipinski definition) is 1. The first kappa shape index (κ1) is 12.4. The molecular weight excluding hydrogens is 270 g/mol. The normalized spacial score (nSPS) is 19.3. The molecule has 9 heteroatoms. The number of carbonyl (C=O) groups is 2. The predicted octanol–water partition coefficient (Wildman–Crippen LogP) is -0.357. The van der Waals surface area contributed by atoms with Crippen molar-refractivity contribution in [2.45, 2.75) is 24.0 Å². The van der Waals surface area contributed by atoms with Crippen molar-refractivity contribution in [3.05, 3.63) is 0 Å². The van der Waals surface area contributed by atoms with Crippen LogP contribution in [0.1, 0.15) is 18.9 Å². The topological polar surface area (TPSA) is 101 Å². The molecule has 1 aromatic rings. The van der Waals surface area contributed by atoms with Gasteiger partial charge in [0.05, 0.1) is 17.7 Å². The van der Waals surface area contributed by atoms with Crippen LogP contribution in [0.15, 0.2) is 5.16 Å². The van der Waals surface area contributed by atoms with E-state index in [1.807, 2.05) is 0 Å². The number of carboxylic acids is 1. The maximum absolute atomic E-state index is 11.8. The molecule has 1 aliphatic heterocycles. The molecule has 1 saturated heterocycles. The Morgan fingerprint density at radius 1 is 1.37 bits per heavy atom. The van der Waals surface area contributed by atoms with E-state index in [4.69, 9.17) is 5.11 Å². The van der Waals surface area contributed by atoms with Gasteiger partial charge >= 0.3 is 5.97 Å². The van der Waals surface area contributed by atoms with Crippen LogP contribution in [0.25, 0.3) is 0 Å². The largest absolute Gasteiger partial charge is 0.481 e. The van der Waals surface area contributed by atoms with Crippen molar-refractivity contribution in [1.29, 1.82) is 0 Å². The molecule has 0 radical (unpaired) electrons. The van der Waals surface area contributed by atoms with Gasteiger partial charge in [-0.3, -0.25) is 9.59 Å². The Labute approximate surface area is 113 Å². The number of carboxylic acid groups (broad SMARTS) is 1. The third-order valence-corrected chi connectivity index (χ3v) is 4.18. The highest BCUT2D eigenvalue weighted by Crippen LogP contribution is 2.36. The number of aliphatic carboxylic acids is 1. The highest BCUT2D eigenvalue weighted by Gasteiger charge is 2.35. The summed E-state index contributed by atoms with van der Waals surface area (Å²) in [4.78, 5) is 24.0. The van der Waals surface area contributed by atoms with E-state index in [1.54, 1.807) is 9.58 Å². The number of likely N-dealkylation sites (tertiary alicyclic amines) is 1. The minimum absolute atomic E-state index is 0.0622. The Bertz CT molecular complexity index is 509. The first-order valence-corrected chi connectivity index (χ1v) is 7.05. The lowest BCUT2D eigenvalue weighted by atomic mass is 10.0. The van der Waals surface area contributed by atoms with Crippen molar-refractivity contribution in [3.8, 4) is 0 Å². The van der Waals surface area contributed by atoms with Gasteiger partial charge in [0.15, 0.2) is 0 Å². The van der Waals surface area contributed by atoms with Crippen LogP contribution in [0.3, 0.4) is 0 Å². The van der Waals surface area contributed by atoms with Crippen LogP contribution >= 0.6 is 11.8 Å². The molecule has 2 fully saturated rings. The lowest BCUT2D eigenvalue weighted by molar-refractivity contribution is -0.151. The zero-order valence-corrected chi connectivity index (χ0v) is 10.9. The van der Waals surface area contributed by atoms with Crippen LogP contribution in [-0.2, 0) is 9.59 Å². The Balaban J connectivity index is 1.48. The van der Waals surface area contributed by atoms with Crippen LogP contribution in [0.2, 0.25) is 0 Å². The Kier molecular flexibility index (Phi) is 3.13. The molecule has 1 aromatic heterocycles. The number of hydrogen-bond acceptors (Lipinski definition) is 6. The van der Waals surface area contributed by atoms with E-state index < -0.39 is 11.9 Å². The molecule has 19 heavy (non-hydrogen) atoms.